The van der Waals surface area contributed by atoms with Gasteiger partial charge in [-0.1, -0.05) is 6.07 Å². The van der Waals surface area contributed by atoms with Gasteiger partial charge in [0.05, 0.1) is 12.1 Å². The lowest BCUT2D eigenvalue weighted by molar-refractivity contribution is -0.139. The van der Waals surface area contributed by atoms with Crippen LogP contribution in [-0.2, 0) is 24.4 Å². The fourth-order valence-electron chi connectivity index (χ4n) is 3.44. The summed E-state index contributed by atoms with van der Waals surface area (Å²) in [6.45, 7) is 4.22. The molecule has 0 saturated heterocycles. The molecule has 0 fully saturated rings. The Hall–Kier alpha value is -3.08. The number of nitrogens with zero attached hydrogens (tertiary/aromatic N) is 3. The Bertz CT molecular complexity index is 1210. The third-order valence-corrected chi connectivity index (χ3v) is 4.46. The summed E-state index contributed by atoms with van der Waals surface area (Å²) in [5, 5.41) is 2.93. The number of aromatic nitrogens is 3. The Morgan fingerprint density at radius 1 is 1.25 bits per heavy atom. The van der Waals surface area contributed by atoms with Crippen LogP contribution in [0.15, 0.2) is 23.0 Å². The number of alkyl halides is 3. The molecule has 8 nitrogen and oxygen atoms in total. The molecule has 0 aliphatic heterocycles. The number of halogens is 3. The van der Waals surface area contributed by atoms with E-state index >= 15 is 0 Å². The molecule has 0 aliphatic carbocycles. The van der Waals surface area contributed by atoms with E-state index in [1.807, 2.05) is 19.0 Å². The van der Waals surface area contributed by atoms with Gasteiger partial charge in [-0.05, 0) is 52.6 Å². The monoisotopic (exact) mass is 453 g/mol. The molecule has 0 bridgehead atoms. The predicted molar refractivity (Wildman–Crippen MR) is 114 cm³/mol. The van der Waals surface area contributed by atoms with Crippen molar-refractivity contribution in [1.29, 1.82) is 0 Å². The van der Waals surface area contributed by atoms with Crippen molar-refractivity contribution in [2.45, 2.75) is 52.2 Å². The molecule has 2 N–H and O–H groups in total. The number of carbonyl (C=O) groups is 1. The van der Waals surface area contributed by atoms with Gasteiger partial charge in [0.1, 0.15) is 29.0 Å². The van der Waals surface area contributed by atoms with Gasteiger partial charge in [0.25, 0.3) is 5.56 Å². The third-order valence-electron chi connectivity index (χ3n) is 4.46. The highest BCUT2D eigenvalue weighted by molar-refractivity contribution is 6.05. The molecule has 2 aromatic heterocycles. The van der Waals surface area contributed by atoms with Crippen molar-refractivity contribution < 1.29 is 22.7 Å². The summed E-state index contributed by atoms with van der Waals surface area (Å²) in [6, 6.07) is 5.04. The second-order valence-corrected chi connectivity index (χ2v) is 8.86. The lowest BCUT2D eigenvalue weighted by Gasteiger charge is -2.19. The van der Waals surface area contributed by atoms with E-state index in [2.05, 4.69) is 15.3 Å². The molecule has 32 heavy (non-hydrogen) atoms. The fraction of sp³-hybridized carbons (Fsp3) is 0.476. The van der Waals surface area contributed by atoms with E-state index in [1.165, 1.54) is 0 Å². The van der Waals surface area contributed by atoms with Gasteiger partial charge >= 0.3 is 12.3 Å². The van der Waals surface area contributed by atoms with Crippen molar-refractivity contribution in [2.75, 3.05) is 14.1 Å². The van der Waals surface area contributed by atoms with Gasteiger partial charge in [0, 0.05) is 11.9 Å². The van der Waals surface area contributed by atoms with E-state index in [0.717, 1.165) is 10.1 Å². The minimum Gasteiger partial charge on any atom is -0.444 e. The lowest BCUT2D eigenvalue weighted by Crippen LogP contribution is -2.33. The first-order valence-corrected chi connectivity index (χ1v) is 9.96. The van der Waals surface area contributed by atoms with Crippen molar-refractivity contribution in [1.82, 2.24) is 24.8 Å². The highest BCUT2D eigenvalue weighted by Gasteiger charge is 2.31. The van der Waals surface area contributed by atoms with E-state index in [0.29, 0.717) is 11.9 Å². The fourth-order valence-corrected chi connectivity index (χ4v) is 3.44. The number of aromatic amines is 1. The van der Waals surface area contributed by atoms with Crippen LogP contribution in [0.5, 0.6) is 0 Å². The molecular weight excluding hydrogens is 427 g/mol. The summed E-state index contributed by atoms with van der Waals surface area (Å²) in [4.78, 5) is 33.5. The molecular formula is C21H26F3N5O3. The van der Waals surface area contributed by atoms with Crippen molar-refractivity contribution in [3.8, 4) is 0 Å². The Kier molecular flexibility index (Phi) is 6.23. The predicted octanol–water partition coefficient (Wildman–Crippen LogP) is 3.53. The minimum absolute atomic E-state index is 0.109. The molecule has 0 atom stereocenters. The summed E-state index contributed by atoms with van der Waals surface area (Å²) < 4.78 is 45.9. The second-order valence-electron chi connectivity index (χ2n) is 8.86. The molecule has 3 rings (SSSR count). The Morgan fingerprint density at radius 2 is 1.94 bits per heavy atom. The van der Waals surface area contributed by atoms with Gasteiger partial charge in [0.2, 0.25) is 0 Å². The van der Waals surface area contributed by atoms with Crippen molar-refractivity contribution >= 4 is 28.0 Å². The van der Waals surface area contributed by atoms with Crippen molar-refractivity contribution in [2.24, 2.45) is 0 Å². The molecule has 2 heterocycles. The zero-order chi connectivity index (χ0) is 23.8. The van der Waals surface area contributed by atoms with Crippen LogP contribution in [0.4, 0.5) is 18.0 Å². The van der Waals surface area contributed by atoms with Gasteiger partial charge in [0.15, 0.2) is 0 Å². The molecule has 3 aromatic rings. The summed E-state index contributed by atoms with van der Waals surface area (Å²) >= 11 is 0. The van der Waals surface area contributed by atoms with E-state index in [4.69, 9.17) is 4.74 Å². The second kappa shape index (κ2) is 8.45. The van der Waals surface area contributed by atoms with Crippen LogP contribution >= 0.6 is 0 Å². The number of benzene rings is 1. The van der Waals surface area contributed by atoms with Gasteiger partial charge in [-0.25, -0.2) is 9.78 Å². The highest BCUT2D eigenvalue weighted by atomic mass is 19.4. The number of alkyl carbamates (subject to hydrolysis) is 1. The number of amides is 1. The average molecular weight is 453 g/mol. The SMILES string of the molecule is CN(C)Cc1ccc2c(c1)c1nc(CNC(=O)OC(C)(C)C)[nH]c(=O)c1n2CC(F)(F)F. The maximum Gasteiger partial charge on any atom is 0.408 e. The number of nitrogens with one attached hydrogen (secondary N) is 2. The maximum atomic E-state index is 13.3. The van der Waals surface area contributed by atoms with Gasteiger partial charge in [-0.2, -0.15) is 13.2 Å². The highest BCUT2D eigenvalue weighted by Crippen LogP contribution is 2.30. The topological polar surface area (TPSA) is 92.2 Å². The minimum atomic E-state index is -4.52. The van der Waals surface area contributed by atoms with Gasteiger partial charge in [-0.3, -0.25) is 4.79 Å². The first-order chi connectivity index (χ1) is 14.7. The smallest absolute Gasteiger partial charge is 0.408 e. The first kappa shape index (κ1) is 23.6. The average Bonchev–Trinajstić information content (AvgIpc) is 2.90. The Balaban J connectivity index is 2.10. The van der Waals surface area contributed by atoms with E-state index in [1.54, 1.807) is 39.0 Å². The van der Waals surface area contributed by atoms with Crippen LogP contribution in [0.25, 0.3) is 21.9 Å². The number of hydrogen-bond acceptors (Lipinski definition) is 5. The number of ether oxygens (including phenoxy) is 1. The first-order valence-electron chi connectivity index (χ1n) is 9.96. The number of hydrogen-bond donors (Lipinski definition) is 2. The van der Waals surface area contributed by atoms with Crippen LogP contribution in [0.1, 0.15) is 32.2 Å². The molecule has 0 saturated carbocycles. The molecule has 0 spiro atoms. The van der Waals surface area contributed by atoms with E-state index in [-0.39, 0.29) is 28.9 Å². The number of fused-ring (bicyclic) bond motifs is 3. The van der Waals surface area contributed by atoms with Gasteiger partial charge < -0.3 is 24.5 Å². The largest absolute Gasteiger partial charge is 0.444 e. The van der Waals surface area contributed by atoms with Crippen LogP contribution in [0.3, 0.4) is 0 Å². The van der Waals surface area contributed by atoms with Crippen LogP contribution in [0.2, 0.25) is 0 Å². The summed E-state index contributed by atoms with van der Waals surface area (Å²) in [7, 11) is 3.75. The molecule has 0 unspecified atom stereocenters. The van der Waals surface area contributed by atoms with E-state index < -0.39 is 30.0 Å². The van der Waals surface area contributed by atoms with E-state index in [9.17, 15) is 22.8 Å². The standard InChI is InChI=1S/C21H26F3N5O3/c1-20(2,3)32-19(31)25-9-15-26-16-13-8-12(10-28(4)5)6-7-14(13)29(11-21(22,23)24)17(16)18(30)27-15/h6-8H,9-11H2,1-5H3,(H,25,31)(H,26,27,30). The number of rotatable bonds is 5. The lowest BCUT2D eigenvalue weighted by atomic mass is 10.1. The molecule has 0 radical (unpaired) electrons. The zero-order valence-corrected chi connectivity index (χ0v) is 18.6. The van der Waals surface area contributed by atoms with Crippen molar-refractivity contribution in [3.05, 3.63) is 39.9 Å². The van der Waals surface area contributed by atoms with Gasteiger partial charge in [-0.15, -0.1) is 0 Å². The normalized spacial score (nSPS) is 12.7. The van der Waals surface area contributed by atoms with Crippen molar-refractivity contribution in [3.63, 3.8) is 0 Å². The molecule has 0 aliphatic rings. The summed E-state index contributed by atoms with van der Waals surface area (Å²) in [6.07, 6.45) is -5.22. The van der Waals surface area contributed by atoms with Crippen LogP contribution < -0.4 is 10.9 Å². The zero-order valence-electron chi connectivity index (χ0n) is 18.6. The van der Waals surface area contributed by atoms with Crippen LogP contribution in [0, 0.1) is 0 Å². The number of H-pyrrole nitrogens is 1. The Morgan fingerprint density at radius 3 is 2.53 bits per heavy atom. The maximum absolute atomic E-state index is 13.3. The third kappa shape index (κ3) is 5.58. The summed E-state index contributed by atoms with van der Waals surface area (Å²) in [5.74, 6) is 0.109. The molecule has 1 aromatic carbocycles. The quantitative estimate of drug-likeness (QED) is 0.617. The molecule has 1 amide bonds. The molecule has 174 valence electrons. The Labute approximate surface area is 182 Å². The van der Waals surface area contributed by atoms with Crippen LogP contribution in [-0.4, -0.2) is 51.4 Å². The molecule has 11 heteroatoms. The summed E-state index contributed by atoms with van der Waals surface area (Å²) in [5.41, 5.74) is -0.317. The number of carbonyl (C=O) groups excluding carboxylic acids is 1.